The summed E-state index contributed by atoms with van der Waals surface area (Å²) < 4.78 is 25.6. The molecule has 1 fully saturated rings. The minimum atomic E-state index is -3.45. The molecule has 0 unspecified atom stereocenters. The number of anilines is 1. The summed E-state index contributed by atoms with van der Waals surface area (Å²) in [6.07, 6.45) is 2.41. The van der Waals surface area contributed by atoms with Crippen LogP contribution >= 0.6 is 12.2 Å². The van der Waals surface area contributed by atoms with E-state index in [1.165, 1.54) is 31.2 Å². The zero-order valence-electron chi connectivity index (χ0n) is 14.4. The van der Waals surface area contributed by atoms with E-state index in [1.807, 2.05) is 0 Å². The third-order valence-corrected chi connectivity index (χ3v) is 6.33. The molecule has 134 valence electrons. The van der Waals surface area contributed by atoms with Gasteiger partial charge in [-0.05, 0) is 56.3 Å². The summed E-state index contributed by atoms with van der Waals surface area (Å²) in [6.45, 7) is 5.17. The minimum absolute atomic E-state index is 0.244. The van der Waals surface area contributed by atoms with E-state index in [2.05, 4.69) is 22.5 Å². The Labute approximate surface area is 150 Å². The lowest BCUT2D eigenvalue weighted by atomic mass is 10.2. The van der Waals surface area contributed by atoms with Crippen molar-refractivity contribution in [1.82, 2.24) is 14.5 Å². The molecule has 1 heterocycles. The van der Waals surface area contributed by atoms with Gasteiger partial charge in [-0.1, -0.05) is 13.0 Å². The molecule has 0 bridgehead atoms. The normalized spacial score (nSPS) is 18.8. The molecule has 24 heavy (non-hydrogen) atoms. The zero-order valence-corrected chi connectivity index (χ0v) is 16.1. The third-order valence-electron chi connectivity index (χ3n) is 4.27. The van der Waals surface area contributed by atoms with Crippen molar-refractivity contribution in [2.75, 3.05) is 39.0 Å². The predicted molar refractivity (Wildman–Crippen MR) is 102 cm³/mol. The van der Waals surface area contributed by atoms with Gasteiger partial charge in [0.15, 0.2) is 5.11 Å². The van der Waals surface area contributed by atoms with Gasteiger partial charge >= 0.3 is 0 Å². The van der Waals surface area contributed by atoms with Crippen molar-refractivity contribution < 1.29 is 8.42 Å². The Morgan fingerprint density at radius 2 is 2.17 bits per heavy atom. The maximum absolute atomic E-state index is 12.2. The van der Waals surface area contributed by atoms with Crippen molar-refractivity contribution in [2.24, 2.45) is 0 Å². The van der Waals surface area contributed by atoms with Crippen LogP contribution in [0.5, 0.6) is 0 Å². The van der Waals surface area contributed by atoms with Crippen LogP contribution in [0.15, 0.2) is 29.2 Å². The van der Waals surface area contributed by atoms with Crippen molar-refractivity contribution in [1.29, 1.82) is 0 Å². The van der Waals surface area contributed by atoms with Gasteiger partial charge in [-0.25, -0.2) is 12.7 Å². The molecule has 1 aromatic rings. The quantitative estimate of drug-likeness (QED) is 0.743. The zero-order chi connectivity index (χ0) is 17.7. The van der Waals surface area contributed by atoms with E-state index in [0.717, 1.165) is 19.6 Å². The lowest BCUT2D eigenvalue weighted by Gasteiger charge is -2.23. The van der Waals surface area contributed by atoms with Crippen LogP contribution in [0.25, 0.3) is 0 Å². The van der Waals surface area contributed by atoms with Crippen LogP contribution in [0.4, 0.5) is 5.69 Å². The summed E-state index contributed by atoms with van der Waals surface area (Å²) in [4.78, 5) is 2.69. The van der Waals surface area contributed by atoms with Crippen molar-refractivity contribution in [3.63, 3.8) is 0 Å². The monoisotopic (exact) mass is 370 g/mol. The topological polar surface area (TPSA) is 64.7 Å². The summed E-state index contributed by atoms with van der Waals surface area (Å²) in [5.41, 5.74) is 0.661. The summed E-state index contributed by atoms with van der Waals surface area (Å²) >= 11 is 5.33. The Kier molecular flexibility index (Phi) is 6.56. The molecule has 2 rings (SSSR count). The van der Waals surface area contributed by atoms with Crippen LogP contribution < -0.4 is 10.6 Å². The molecule has 1 saturated heterocycles. The van der Waals surface area contributed by atoms with Gasteiger partial charge in [0.2, 0.25) is 10.0 Å². The molecule has 1 atom stereocenters. The number of hydrogen-bond acceptors (Lipinski definition) is 4. The van der Waals surface area contributed by atoms with E-state index in [1.54, 1.807) is 24.3 Å². The predicted octanol–water partition coefficient (Wildman–Crippen LogP) is 1.71. The fourth-order valence-electron chi connectivity index (χ4n) is 2.87. The molecule has 1 aliphatic rings. The van der Waals surface area contributed by atoms with Crippen LogP contribution in [-0.4, -0.2) is 62.5 Å². The average molecular weight is 371 g/mol. The van der Waals surface area contributed by atoms with Crippen molar-refractivity contribution >= 4 is 33.0 Å². The fraction of sp³-hybridized carbons (Fsp3) is 0.562. The Morgan fingerprint density at radius 1 is 1.42 bits per heavy atom. The highest BCUT2D eigenvalue weighted by Crippen LogP contribution is 2.18. The third kappa shape index (κ3) is 4.66. The van der Waals surface area contributed by atoms with E-state index in [-0.39, 0.29) is 4.90 Å². The van der Waals surface area contributed by atoms with Crippen LogP contribution in [-0.2, 0) is 10.0 Å². The van der Waals surface area contributed by atoms with E-state index < -0.39 is 10.0 Å². The molecular formula is C16H26N4O2S2. The molecule has 0 aliphatic carbocycles. The molecule has 0 saturated carbocycles. The molecule has 2 N–H and O–H groups in total. The number of hydrogen-bond donors (Lipinski definition) is 2. The first-order chi connectivity index (χ1) is 11.3. The van der Waals surface area contributed by atoms with Gasteiger partial charge in [0.05, 0.1) is 4.90 Å². The number of nitrogens with one attached hydrogen (secondary N) is 2. The largest absolute Gasteiger partial charge is 0.361 e. The number of benzene rings is 1. The first-order valence-electron chi connectivity index (χ1n) is 8.16. The standard InChI is InChI=1S/C16H26N4O2S2/c1-4-20-10-6-8-14(20)12-17-16(23)18-13-7-5-9-15(11-13)24(21,22)19(2)3/h5,7,9,11,14H,4,6,8,10,12H2,1-3H3,(H2,17,18,23)/t14-/m1/s1. The Balaban J connectivity index is 1.95. The maximum atomic E-state index is 12.2. The Morgan fingerprint density at radius 3 is 2.83 bits per heavy atom. The summed E-state index contributed by atoms with van der Waals surface area (Å²) in [5, 5.41) is 6.82. The SMILES string of the molecule is CCN1CCC[C@@H]1CNC(=S)Nc1cccc(S(=O)(=O)N(C)C)c1. The average Bonchev–Trinajstić information content (AvgIpc) is 3.00. The second kappa shape index (κ2) is 8.24. The molecule has 1 aliphatic heterocycles. The van der Waals surface area contributed by atoms with E-state index in [4.69, 9.17) is 12.2 Å². The molecule has 0 amide bonds. The van der Waals surface area contributed by atoms with E-state index >= 15 is 0 Å². The van der Waals surface area contributed by atoms with Gasteiger partial charge < -0.3 is 10.6 Å². The van der Waals surface area contributed by atoms with Gasteiger partial charge in [0.25, 0.3) is 0 Å². The highest BCUT2D eigenvalue weighted by atomic mass is 32.2. The first-order valence-corrected chi connectivity index (χ1v) is 10.0. The number of nitrogens with zero attached hydrogens (tertiary/aromatic N) is 2. The minimum Gasteiger partial charge on any atom is -0.361 e. The number of thiocarbonyl (C=S) groups is 1. The highest BCUT2D eigenvalue weighted by molar-refractivity contribution is 7.89. The maximum Gasteiger partial charge on any atom is 0.242 e. The number of likely N-dealkylation sites (tertiary alicyclic amines) is 1. The highest BCUT2D eigenvalue weighted by Gasteiger charge is 2.22. The van der Waals surface area contributed by atoms with E-state index in [9.17, 15) is 8.42 Å². The molecule has 8 heteroatoms. The van der Waals surface area contributed by atoms with Crippen LogP contribution in [0.2, 0.25) is 0 Å². The second-order valence-corrected chi connectivity index (χ2v) is 8.64. The molecule has 1 aromatic carbocycles. The number of likely N-dealkylation sites (N-methyl/N-ethyl adjacent to an activating group) is 1. The lowest BCUT2D eigenvalue weighted by Crippen LogP contribution is -2.41. The fourth-order valence-corrected chi connectivity index (χ4v) is 4.02. The molecule has 0 spiro atoms. The van der Waals surface area contributed by atoms with Gasteiger partial charge in [-0.3, -0.25) is 4.90 Å². The molecular weight excluding hydrogens is 344 g/mol. The second-order valence-electron chi connectivity index (χ2n) is 6.07. The number of rotatable bonds is 6. The van der Waals surface area contributed by atoms with Crippen molar-refractivity contribution in [3.8, 4) is 0 Å². The Bertz CT molecular complexity index is 676. The smallest absolute Gasteiger partial charge is 0.242 e. The summed E-state index contributed by atoms with van der Waals surface area (Å²) in [7, 11) is -0.415. The lowest BCUT2D eigenvalue weighted by molar-refractivity contribution is 0.267. The van der Waals surface area contributed by atoms with Crippen LogP contribution in [0.3, 0.4) is 0 Å². The van der Waals surface area contributed by atoms with Crippen molar-refractivity contribution in [2.45, 2.75) is 30.7 Å². The van der Waals surface area contributed by atoms with Gasteiger partial charge in [0, 0.05) is 32.4 Å². The van der Waals surface area contributed by atoms with Gasteiger partial charge in [-0.15, -0.1) is 0 Å². The van der Waals surface area contributed by atoms with Crippen LogP contribution in [0.1, 0.15) is 19.8 Å². The van der Waals surface area contributed by atoms with Gasteiger partial charge in [0.1, 0.15) is 0 Å². The van der Waals surface area contributed by atoms with E-state index in [0.29, 0.717) is 16.8 Å². The molecule has 0 aromatic heterocycles. The Hall–Kier alpha value is -1.22. The first kappa shape index (κ1) is 19.1. The molecule has 6 nitrogen and oxygen atoms in total. The number of sulfonamides is 1. The summed E-state index contributed by atoms with van der Waals surface area (Å²) in [5.74, 6) is 0. The van der Waals surface area contributed by atoms with Crippen LogP contribution in [0, 0.1) is 0 Å². The van der Waals surface area contributed by atoms with Gasteiger partial charge in [-0.2, -0.15) is 0 Å². The molecule has 0 radical (unpaired) electrons. The summed E-state index contributed by atoms with van der Waals surface area (Å²) in [6, 6.07) is 7.19. The van der Waals surface area contributed by atoms with Crippen molar-refractivity contribution in [3.05, 3.63) is 24.3 Å².